The van der Waals surface area contributed by atoms with E-state index in [1.807, 2.05) is 6.92 Å². The predicted molar refractivity (Wildman–Crippen MR) is 71.6 cm³/mol. The number of halogens is 1. The van der Waals surface area contributed by atoms with Crippen LogP contribution in [-0.2, 0) is 4.74 Å². The fourth-order valence-electron chi connectivity index (χ4n) is 2.07. The number of benzene rings is 1. The first-order valence-corrected chi connectivity index (χ1v) is 6.43. The number of nitrogens with one attached hydrogen (secondary N) is 1. The van der Waals surface area contributed by atoms with Gasteiger partial charge in [-0.2, -0.15) is 0 Å². The van der Waals surface area contributed by atoms with E-state index in [4.69, 9.17) is 9.84 Å². The zero-order valence-corrected chi connectivity index (χ0v) is 11.1. The van der Waals surface area contributed by atoms with Crippen LogP contribution < -0.4 is 5.32 Å². The fraction of sp³-hybridized carbons (Fsp3) is 0.400. The van der Waals surface area contributed by atoms with Gasteiger partial charge in [-0.05, 0) is 31.5 Å². The van der Waals surface area contributed by atoms with Crippen molar-refractivity contribution in [3.05, 3.63) is 35.1 Å². The highest BCUT2D eigenvalue weighted by Crippen LogP contribution is 2.14. The topological polar surface area (TPSA) is 58.6 Å². The van der Waals surface area contributed by atoms with Crippen molar-refractivity contribution in [2.75, 3.05) is 13.2 Å². The Kier molecular flexibility index (Phi) is 4.72. The zero-order valence-electron chi connectivity index (χ0n) is 11.1. The smallest absolute Gasteiger partial charge is 0.251 e. The van der Waals surface area contributed by atoms with Gasteiger partial charge in [-0.25, -0.2) is 4.39 Å². The molecule has 2 N–H and O–H groups in total. The molecule has 0 aromatic heterocycles. The Labute approximate surface area is 116 Å². The SMILES string of the molecule is CC1OCCC1NC(=O)c1ccc(C#CCO)c(F)c1. The van der Waals surface area contributed by atoms with Gasteiger partial charge in [0.1, 0.15) is 12.4 Å². The van der Waals surface area contributed by atoms with Crippen LogP contribution in [0.5, 0.6) is 0 Å². The molecule has 0 bridgehead atoms. The minimum Gasteiger partial charge on any atom is -0.384 e. The second-order valence-corrected chi connectivity index (χ2v) is 4.60. The maximum absolute atomic E-state index is 13.7. The maximum Gasteiger partial charge on any atom is 0.251 e. The summed E-state index contributed by atoms with van der Waals surface area (Å²) < 4.78 is 19.1. The lowest BCUT2D eigenvalue weighted by Crippen LogP contribution is -2.39. The Hall–Kier alpha value is -1.90. The highest BCUT2D eigenvalue weighted by Gasteiger charge is 2.26. The number of ether oxygens (including phenoxy) is 1. The van der Waals surface area contributed by atoms with Crippen molar-refractivity contribution in [1.82, 2.24) is 5.32 Å². The molecule has 1 aromatic rings. The molecule has 1 aliphatic heterocycles. The minimum absolute atomic E-state index is 0.0292. The van der Waals surface area contributed by atoms with Gasteiger partial charge in [0.25, 0.3) is 5.91 Å². The van der Waals surface area contributed by atoms with Crippen LogP contribution in [0.25, 0.3) is 0 Å². The molecule has 0 radical (unpaired) electrons. The second-order valence-electron chi connectivity index (χ2n) is 4.60. The molecule has 1 saturated heterocycles. The molecule has 0 aliphatic carbocycles. The minimum atomic E-state index is -0.575. The van der Waals surface area contributed by atoms with Gasteiger partial charge in [0.2, 0.25) is 0 Å². The molecule has 4 nitrogen and oxygen atoms in total. The number of amides is 1. The number of aliphatic hydroxyl groups excluding tert-OH is 1. The summed E-state index contributed by atoms with van der Waals surface area (Å²) in [5.74, 6) is 3.95. The third kappa shape index (κ3) is 3.35. The fourth-order valence-corrected chi connectivity index (χ4v) is 2.07. The monoisotopic (exact) mass is 277 g/mol. The second kappa shape index (κ2) is 6.51. The van der Waals surface area contributed by atoms with Crippen LogP contribution in [0.15, 0.2) is 18.2 Å². The third-order valence-electron chi connectivity index (χ3n) is 3.23. The summed E-state index contributed by atoms with van der Waals surface area (Å²) in [5.41, 5.74) is 0.407. The van der Waals surface area contributed by atoms with Crippen LogP contribution >= 0.6 is 0 Å². The van der Waals surface area contributed by atoms with Gasteiger partial charge in [0, 0.05) is 12.2 Å². The summed E-state index contributed by atoms with van der Waals surface area (Å²) in [4.78, 5) is 12.0. The van der Waals surface area contributed by atoms with Crippen LogP contribution in [0.2, 0.25) is 0 Å². The average Bonchev–Trinajstić information content (AvgIpc) is 2.83. The van der Waals surface area contributed by atoms with E-state index < -0.39 is 5.82 Å². The van der Waals surface area contributed by atoms with Crippen LogP contribution in [0.4, 0.5) is 4.39 Å². The molecular weight excluding hydrogens is 261 g/mol. The summed E-state index contributed by atoms with van der Waals surface area (Å²) >= 11 is 0. The molecule has 1 heterocycles. The summed E-state index contributed by atoms with van der Waals surface area (Å²) in [6.45, 7) is 2.18. The molecular formula is C15H16FNO3. The van der Waals surface area contributed by atoms with Gasteiger partial charge in [-0.1, -0.05) is 11.8 Å². The summed E-state index contributed by atoms with van der Waals surface area (Å²) in [6.07, 6.45) is 0.730. The molecule has 1 amide bonds. The molecule has 2 rings (SSSR count). The summed E-state index contributed by atoms with van der Waals surface area (Å²) in [6, 6.07) is 4.05. The molecule has 2 atom stereocenters. The molecule has 2 unspecified atom stereocenters. The van der Waals surface area contributed by atoms with E-state index in [9.17, 15) is 9.18 Å². The number of hydrogen-bond donors (Lipinski definition) is 2. The van der Waals surface area contributed by atoms with E-state index in [0.29, 0.717) is 6.61 Å². The highest BCUT2D eigenvalue weighted by molar-refractivity contribution is 5.94. The maximum atomic E-state index is 13.7. The lowest BCUT2D eigenvalue weighted by molar-refractivity contribution is 0.0866. The zero-order chi connectivity index (χ0) is 14.5. The first-order valence-electron chi connectivity index (χ1n) is 6.43. The highest BCUT2D eigenvalue weighted by atomic mass is 19.1. The number of aliphatic hydroxyl groups is 1. The first-order chi connectivity index (χ1) is 9.61. The van der Waals surface area contributed by atoms with Gasteiger partial charge in [-0.3, -0.25) is 4.79 Å². The van der Waals surface area contributed by atoms with E-state index in [-0.39, 0.29) is 35.8 Å². The van der Waals surface area contributed by atoms with Crippen molar-refractivity contribution in [1.29, 1.82) is 0 Å². The van der Waals surface area contributed by atoms with Gasteiger partial charge in [0.05, 0.1) is 17.7 Å². The van der Waals surface area contributed by atoms with Gasteiger partial charge < -0.3 is 15.2 Å². The number of carbonyl (C=O) groups is 1. The Balaban J connectivity index is 2.09. The normalized spacial score (nSPS) is 21.1. The summed E-state index contributed by atoms with van der Waals surface area (Å²) in [7, 11) is 0. The van der Waals surface area contributed by atoms with Crippen LogP contribution in [-0.4, -0.2) is 36.4 Å². The first kappa shape index (κ1) is 14.5. The van der Waals surface area contributed by atoms with E-state index in [1.54, 1.807) is 0 Å². The van der Waals surface area contributed by atoms with E-state index >= 15 is 0 Å². The molecule has 1 fully saturated rings. The molecule has 0 spiro atoms. The Morgan fingerprint density at radius 1 is 1.60 bits per heavy atom. The van der Waals surface area contributed by atoms with Gasteiger partial charge in [0.15, 0.2) is 0 Å². The van der Waals surface area contributed by atoms with E-state index in [2.05, 4.69) is 17.2 Å². The molecule has 106 valence electrons. The standard InChI is InChI=1S/C15H16FNO3/c1-10-14(6-8-20-10)17-15(19)12-5-4-11(3-2-7-18)13(16)9-12/h4-5,9-10,14,18H,6-8H2,1H3,(H,17,19). The Morgan fingerprint density at radius 3 is 3.00 bits per heavy atom. The van der Waals surface area contributed by atoms with E-state index in [1.165, 1.54) is 12.1 Å². The molecule has 1 aromatic carbocycles. The lowest BCUT2D eigenvalue weighted by Gasteiger charge is -2.16. The van der Waals surface area contributed by atoms with Crippen LogP contribution in [0, 0.1) is 17.7 Å². The summed E-state index contributed by atoms with van der Waals surface area (Å²) in [5, 5.41) is 11.4. The largest absolute Gasteiger partial charge is 0.384 e. The number of carbonyl (C=O) groups excluding carboxylic acids is 1. The molecule has 0 saturated carbocycles. The van der Waals surface area contributed by atoms with Crippen LogP contribution in [0.1, 0.15) is 29.3 Å². The van der Waals surface area contributed by atoms with Crippen molar-refractivity contribution < 1.29 is 19.0 Å². The molecule has 5 heteroatoms. The van der Waals surface area contributed by atoms with Crippen molar-refractivity contribution in [3.63, 3.8) is 0 Å². The quantitative estimate of drug-likeness (QED) is 0.795. The van der Waals surface area contributed by atoms with E-state index in [0.717, 1.165) is 12.5 Å². The third-order valence-corrected chi connectivity index (χ3v) is 3.23. The number of rotatable bonds is 2. The Bertz CT molecular complexity index is 562. The van der Waals surface area contributed by atoms with Crippen LogP contribution in [0.3, 0.4) is 0 Å². The van der Waals surface area contributed by atoms with Gasteiger partial charge >= 0.3 is 0 Å². The van der Waals surface area contributed by atoms with Crippen molar-refractivity contribution >= 4 is 5.91 Å². The van der Waals surface area contributed by atoms with Gasteiger partial charge in [-0.15, -0.1) is 0 Å². The van der Waals surface area contributed by atoms with Crippen molar-refractivity contribution in [2.24, 2.45) is 0 Å². The average molecular weight is 277 g/mol. The molecule has 1 aliphatic rings. The molecule has 20 heavy (non-hydrogen) atoms. The number of hydrogen-bond acceptors (Lipinski definition) is 3. The van der Waals surface area contributed by atoms with Crippen molar-refractivity contribution in [3.8, 4) is 11.8 Å². The Morgan fingerprint density at radius 2 is 2.40 bits per heavy atom. The predicted octanol–water partition coefficient (Wildman–Crippen LogP) is 1.08. The van der Waals surface area contributed by atoms with Crippen molar-refractivity contribution in [2.45, 2.75) is 25.5 Å². The lowest BCUT2D eigenvalue weighted by atomic mass is 10.1.